The molecule has 0 rings (SSSR count). The molecule has 8 heteroatoms. The quantitative estimate of drug-likeness (QED) is 0.240. The third-order valence-corrected chi connectivity index (χ3v) is 3.24. The van der Waals surface area contributed by atoms with Crippen molar-refractivity contribution in [2.75, 3.05) is 27.4 Å². The van der Waals surface area contributed by atoms with Crippen LogP contribution in [0, 0.1) is 6.16 Å². The largest absolute Gasteiger partial charge is 1.00 e. The molecule has 0 aromatic carbocycles. The monoisotopic (exact) mass is 261 g/mol. The van der Waals surface area contributed by atoms with Crippen molar-refractivity contribution >= 4 is 13.5 Å². The van der Waals surface area contributed by atoms with Gasteiger partial charge in [-0.1, -0.05) is 0 Å². The summed E-state index contributed by atoms with van der Waals surface area (Å²) in [5.41, 5.74) is 0. The van der Waals surface area contributed by atoms with E-state index in [4.69, 9.17) is 9.05 Å². The zero-order chi connectivity index (χ0) is 11.9. The van der Waals surface area contributed by atoms with Gasteiger partial charge in [0.1, 0.15) is 5.91 Å². The molecule has 16 heavy (non-hydrogen) atoms. The van der Waals surface area contributed by atoms with Crippen molar-refractivity contribution in [1.29, 1.82) is 0 Å². The molecular weight excluding hydrogens is 244 g/mol. The molecule has 90 valence electrons. The topological polar surface area (TPSA) is 65.1 Å². The predicted molar refractivity (Wildman–Crippen MR) is 54.9 cm³/mol. The number of nitrogens with zero attached hydrogens (tertiary/aromatic N) is 1. The first-order valence-corrected chi connectivity index (χ1v) is 6.16. The van der Waals surface area contributed by atoms with Gasteiger partial charge in [-0.15, -0.1) is 0 Å². The molecule has 0 aliphatic carbocycles. The maximum atomic E-state index is 11.8. The molecule has 0 spiro atoms. The fraction of sp³-hybridized carbons (Fsp3) is 0.750. The maximum absolute atomic E-state index is 11.8. The molecule has 6 nitrogen and oxygen atoms in total. The Balaban J connectivity index is 0. The molecule has 0 fully saturated rings. The third kappa shape index (κ3) is 6.91. The molecule has 0 saturated heterocycles. The number of hydroxylamine groups is 2. The second-order valence-electron chi connectivity index (χ2n) is 2.52. The van der Waals surface area contributed by atoms with Gasteiger partial charge in [-0.2, -0.15) is 6.16 Å². The van der Waals surface area contributed by atoms with Crippen molar-refractivity contribution in [3.05, 3.63) is 6.16 Å². The van der Waals surface area contributed by atoms with Crippen LogP contribution in [0.1, 0.15) is 13.8 Å². The Morgan fingerprint density at radius 3 is 2.06 bits per heavy atom. The Kier molecular flexibility index (Phi) is 11.1. The van der Waals surface area contributed by atoms with Crippen LogP contribution in [0.15, 0.2) is 0 Å². The van der Waals surface area contributed by atoms with Crippen molar-refractivity contribution in [3.8, 4) is 0 Å². The van der Waals surface area contributed by atoms with Crippen molar-refractivity contribution in [2.24, 2.45) is 0 Å². The maximum Gasteiger partial charge on any atom is 1.00 e. The minimum Gasteiger partial charge on any atom is -0.329 e. The normalized spacial score (nSPS) is 10.5. The summed E-state index contributed by atoms with van der Waals surface area (Å²) in [6.07, 6.45) is 0.906. The first-order chi connectivity index (χ1) is 6.99. The Morgan fingerprint density at radius 2 is 1.75 bits per heavy atom. The average molecular weight is 261 g/mol. The number of carbonyl (C=O) groups is 1. The van der Waals surface area contributed by atoms with Crippen LogP contribution < -0.4 is 29.6 Å². The fourth-order valence-corrected chi connectivity index (χ4v) is 2.15. The summed E-state index contributed by atoms with van der Waals surface area (Å²) in [6, 6.07) is 0. The zero-order valence-electron chi connectivity index (χ0n) is 10.4. The van der Waals surface area contributed by atoms with Gasteiger partial charge in [0.25, 0.3) is 0 Å². The Hall–Kier alpha value is 0.450. The van der Waals surface area contributed by atoms with E-state index in [1.807, 2.05) is 0 Å². The second-order valence-corrected chi connectivity index (χ2v) is 4.38. The summed E-state index contributed by atoms with van der Waals surface area (Å²) < 4.78 is 21.7. The molecule has 0 saturated carbocycles. The summed E-state index contributed by atoms with van der Waals surface area (Å²) in [4.78, 5) is 16.0. The van der Waals surface area contributed by atoms with E-state index < -0.39 is 13.5 Å². The molecule has 0 radical (unpaired) electrons. The number of amides is 1. The van der Waals surface area contributed by atoms with Gasteiger partial charge in [0.2, 0.25) is 7.60 Å². The first kappa shape index (κ1) is 18.8. The first-order valence-electron chi connectivity index (χ1n) is 4.55. The Bertz CT molecular complexity index is 241. The van der Waals surface area contributed by atoms with Crippen LogP contribution >= 0.6 is 7.60 Å². The van der Waals surface area contributed by atoms with E-state index in [-0.39, 0.29) is 42.8 Å². The van der Waals surface area contributed by atoms with Crippen LogP contribution in [0.5, 0.6) is 0 Å². The molecule has 1 amide bonds. The van der Waals surface area contributed by atoms with E-state index in [1.165, 1.54) is 14.2 Å². The Labute approximate surface area is 118 Å². The smallest absolute Gasteiger partial charge is 0.329 e. The van der Waals surface area contributed by atoms with Gasteiger partial charge in [-0.05, 0) is 13.8 Å². The van der Waals surface area contributed by atoms with Crippen LogP contribution in [0.3, 0.4) is 0 Å². The van der Waals surface area contributed by atoms with Gasteiger partial charge in [-0.25, -0.2) is 0 Å². The van der Waals surface area contributed by atoms with Crippen molar-refractivity contribution in [2.45, 2.75) is 13.8 Å². The van der Waals surface area contributed by atoms with Gasteiger partial charge in [0.05, 0.1) is 20.3 Å². The van der Waals surface area contributed by atoms with E-state index in [0.717, 1.165) is 11.2 Å². The molecule has 0 aliphatic heterocycles. The van der Waals surface area contributed by atoms with Crippen LogP contribution in [-0.2, 0) is 23.2 Å². The molecular formula is C8H17NNaO5P. The minimum absolute atomic E-state index is 0. The molecule has 0 aromatic heterocycles. The average Bonchev–Trinajstić information content (AvgIpc) is 2.16. The summed E-state index contributed by atoms with van der Waals surface area (Å²) in [7, 11) is -0.704. The van der Waals surface area contributed by atoms with Crippen LogP contribution in [-0.4, -0.2) is 38.3 Å². The van der Waals surface area contributed by atoms with Crippen LogP contribution in [0.2, 0.25) is 0 Å². The Morgan fingerprint density at radius 1 is 1.31 bits per heavy atom. The van der Waals surface area contributed by atoms with Gasteiger partial charge in [-0.3, -0.25) is 14.5 Å². The van der Waals surface area contributed by atoms with Gasteiger partial charge < -0.3 is 13.8 Å². The second kappa shape index (κ2) is 9.48. The van der Waals surface area contributed by atoms with Gasteiger partial charge >= 0.3 is 29.6 Å². The molecule has 0 bridgehead atoms. The number of hydrogen-bond donors (Lipinski definition) is 0. The van der Waals surface area contributed by atoms with Crippen molar-refractivity contribution in [1.82, 2.24) is 5.06 Å². The SMILES string of the molecule is CCOP(=O)([CH-]C(=O)N(C)OC)OCC.[Na+]. The molecule has 0 atom stereocenters. The van der Waals surface area contributed by atoms with E-state index in [2.05, 4.69) is 4.84 Å². The van der Waals surface area contributed by atoms with E-state index in [0.29, 0.717) is 0 Å². The van der Waals surface area contributed by atoms with E-state index in [1.54, 1.807) is 13.8 Å². The third-order valence-electron chi connectivity index (χ3n) is 1.47. The summed E-state index contributed by atoms with van der Waals surface area (Å²) in [6.45, 7) is 3.75. The standard InChI is InChI=1S/C8H17NO5P.Na/c1-5-13-15(11,14-6-2)7-8(10)9(3)12-4;/h7H,5-6H2,1-4H3;/q-1;+1. The zero-order valence-corrected chi connectivity index (χ0v) is 13.3. The van der Waals surface area contributed by atoms with Crippen molar-refractivity contribution in [3.63, 3.8) is 0 Å². The molecule has 0 unspecified atom stereocenters. The van der Waals surface area contributed by atoms with Gasteiger partial charge in [0, 0.05) is 7.05 Å². The predicted octanol–water partition coefficient (Wildman–Crippen LogP) is -1.56. The van der Waals surface area contributed by atoms with Crippen LogP contribution in [0.4, 0.5) is 0 Å². The van der Waals surface area contributed by atoms with E-state index in [9.17, 15) is 9.36 Å². The molecule has 0 heterocycles. The van der Waals surface area contributed by atoms with E-state index >= 15 is 0 Å². The summed E-state index contributed by atoms with van der Waals surface area (Å²) in [5, 5.41) is 0.935. The van der Waals surface area contributed by atoms with Crippen molar-refractivity contribution < 1.29 is 52.8 Å². The summed E-state index contributed by atoms with van der Waals surface area (Å²) >= 11 is 0. The van der Waals surface area contributed by atoms with Crippen LogP contribution in [0.25, 0.3) is 0 Å². The summed E-state index contributed by atoms with van der Waals surface area (Å²) in [5.74, 6) is -0.567. The number of rotatable bonds is 7. The molecule has 0 N–H and O–H groups in total. The number of hydrogen-bond acceptors (Lipinski definition) is 5. The molecule has 0 aromatic rings. The minimum atomic E-state index is -3.44. The molecule has 0 aliphatic rings. The fourth-order valence-electron chi connectivity index (χ4n) is 0.778. The number of carbonyl (C=O) groups excluding carboxylic acids is 1. The van der Waals surface area contributed by atoms with Gasteiger partial charge in [0.15, 0.2) is 0 Å².